The lowest BCUT2D eigenvalue weighted by atomic mass is 9.46. The molecule has 4 aromatic heterocycles. The van der Waals surface area contributed by atoms with Crippen molar-refractivity contribution in [3.8, 4) is 19.5 Å². The first kappa shape index (κ1) is 30.7. The maximum absolute atomic E-state index is 2.81. The molecule has 6 rings (SSSR count). The number of unbranched alkanes of at least 4 members (excludes halogenated alkanes) is 8. The molecule has 0 saturated carbocycles. The molecule has 0 saturated heterocycles. The molecule has 0 unspecified atom stereocenters. The standard InChI is InChI=1S/C36H48BNS4/c1-5-9-13-17-25-21-29-33(39-25)35-31(23-27(41-35)19-15-11-7-3)38-32-24-28(20-16-12-8-4)42-36(32)34-30(37(29)38)22-26(40-34)18-14-10-6-2/h21-24H,5-20H2,1-4H3. The molecule has 0 aromatic carbocycles. The van der Waals surface area contributed by atoms with Crippen LogP contribution in [0, 0.1) is 0 Å². The fourth-order valence-corrected chi connectivity index (χ4v) is 11.9. The van der Waals surface area contributed by atoms with E-state index < -0.39 is 0 Å². The Morgan fingerprint density at radius 1 is 0.452 bits per heavy atom. The first-order valence-electron chi connectivity index (χ1n) is 17.0. The predicted molar refractivity (Wildman–Crippen MR) is 195 cm³/mol. The molecule has 0 N–H and O–H groups in total. The van der Waals surface area contributed by atoms with Crippen LogP contribution in [-0.2, 0) is 25.7 Å². The van der Waals surface area contributed by atoms with Crippen molar-refractivity contribution in [2.45, 2.75) is 130 Å². The molecule has 2 aliphatic heterocycles. The van der Waals surface area contributed by atoms with Gasteiger partial charge in [-0.3, -0.25) is 0 Å². The van der Waals surface area contributed by atoms with Crippen LogP contribution in [0.2, 0.25) is 0 Å². The van der Waals surface area contributed by atoms with E-state index in [0.29, 0.717) is 6.85 Å². The topological polar surface area (TPSA) is 3.24 Å². The lowest BCUT2D eigenvalue weighted by molar-refractivity contribution is 0.722. The summed E-state index contributed by atoms with van der Waals surface area (Å²) in [7, 11) is 0. The predicted octanol–water partition coefficient (Wildman–Crippen LogP) is 11.8. The summed E-state index contributed by atoms with van der Waals surface area (Å²) in [6, 6.07) is 10.5. The summed E-state index contributed by atoms with van der Waals surface area (Å²) in [5.74, 6) is 0. The molecule has 6 heterocycles. The molecular formula is C36H48BNS4. The van der Waals surface area contributed by atoms with Gasteiger partial charge in [0.25, 0.3) is 0 Å². The third kappa shape index (κ3) is 6.12. The van der Waals surface area contributed by atoms with Gasteiger partial charge in [0.05, 0.1) is 9.75 Å². The number of hydrogen-bond donors (Lipinski definition) is 0. The van der Waals surface area contributed by atoms with Crippen molar-refractivity contribution in [1.82, 2.24) is 0 Å². The molecule has 0 fully saturated rings. The van der Waals surface area contributed by atoms with Gasteiger partial charge in [-0.1, -0.05) is 91.2 Å². The zero-order valence-electron chi connectivity index (χ0n) is 26.3. The first-order valence-corrected chi connectivity index (χ1v) is 20.2. The van der Waals surface area contributed by atoms with Gasteiger partial charge in [-0.2, -0.15) is 0 Å². The van der Waals surface area contributed by atoms with Gasteiger partial charge in [-0.15, -0.1) is 45.3 Å². The average Bonchev–Trinajstić information content (AvgIpc) is 3.77. The fraction of sp³-hybridized carbons (Fsp3) is 0.556. The molecule has 4 aromatic rings. The zero-order chi connectivity index (χ0) is 29.1. The van der Waals surface area contributed by atoms with Crippen molar-refractivity contribution >= 4 is 74.5 Å². The van der Waals surface area contributed by atoms with Crippen LogP contribution in [0.1, 0.15) is 124 Å². The Hall–Kier alpha value is -1.34. The highest BCUT2D eigenvalue weighted by atomic mass is 32.1. The molecular weight excluding hydrogens is 585 g/mol. The van der Waals surface area contributed by atoms with Gasteiger partial charge < -0.3 is 4.81 Å². The normalized spacial score (nSPS) is 13.2. The van der Waals surface area contributed by atoms with Crippen LogP contribution in [0.25, 0.3) is 19.5 Å². The van der Waals surface area contributed by atoms with Gasteiger partial charge in [0.15, 0.2) is 0 Å². The van der Waals surface area contributed by atoms with E-state index in [1.165, 1.54) is 114 Å². The van der Waals surface area contributed by atoms with Crippen LogP contribution in [-0.4, -0.2) is 6.85 Å². The summed E-state index contributed by atoms with van der Waals surface area (Å²) < 4.78 is 0. The number of anilines is 2. The van der Waals surface area contributed by atoms with Crippen LogP contribution < -0.4 is 15.7 Å². The van der Waals surface area contributed by atoms with Crippen molar-refractivity contribution < 1.29 is 0 Å². The quantitative estimate of drug-likeness (QED) is 0.0876. The third-order valence-electron chi connectivity index (χ3n) is 9.04. The highest BCUT2D eigenvalue weighted by Crippen LogP contribution is 2.54. The molecule has 0 spiro atoms. The van der Waals surface area contributed by atoms with Crippen molar-refractivity contribution in [1.29, 1.82) is 0 Å². The molecule has 224 valence electrons. The monoisotopic (exact) mass is 633 g/mol. The van der Waals surface area contributed by atoms with Gasteiger partial charge in [-0.25, -0.2) is 0 Å². The minimum Gasteiger partial charge on any atom is -0.374 e. The van der Waals surface area contributed by atoms with Crippen LogP contribution in [0.5, 0.6) is 0 Å². The maximum atomic E-state index is 2.81. The molecule has 0 aliphatic carbocycles. The van der Waals surface area contributed by atoms with Gasteiger partial charge in [0.1, 0.15) is 0 Å². The molecule has 6 heteroatoms. The maximum Gasteiger partial charge on any atom is 0.331 e. The van der Waals surface area contributed by atoms with E-state index >= 15 is 0 Å². The summed E-state index contributed by atoms with van der Waals surface area (Å²) in [5.41, 5.74) is 6.16. The number of thiophene rings is 4. The summed E-state index contributed by atoms with van der Waals surface area (Å²) in [6.07, 6.45) is 20.6. The Kier molecular flexibility index (Phi) is 10.4. The molecule has 0 bridgehead atoms. The minimum absolute atomic E-state index is 0.318. The lowest BCUT2D eigenvalue weighted by Gasteiger charge is -2.38. The third-order valence-corrected chi connectivity index (χ3v) is 14.2. The van der Waals surface area contributed by atoms with E-state index in [2.05, 4.69) is 102 Å². The van der Waals surface area contributed by atoms with Gasteiger partial charge in [-0.05, 0) is 74.4 Å². The Bertz CT molecular complexity index is 1250. The van der Waals surface area contributed by atoms with Crippen molar-refractivity contribution in [2.75, 3.05) is 4.81 Å². The summed E-state index contributed by atoms with van der Waals surface area (Å²) in [5, 5.41) is 0. The Labute approximate surface area is 271 Å². The largest absolute Gasteiger partial charge is 0.374 e. The Morgan fingerprint density at radius 2 is 0.786 bits per heavy atom. The molecule has 42 heavy (non-hydrogen) atoms. The number of nitrogens with zero attached hydrogens (tertiary/aromatic N) is 1. The van der Waals surface area contributed by atoms with E-state index in [-0.39, 0.29) is 0 Å². The van der Waals surface area contributed by atoms with Crippen LogP contribution in [0.4, 0.5) is 11.4 Å². The molecule has 0 radical (unpaired) electrons. The summed E-state index contributed by atoms with van der Waals surface area (Å²) in [6.45, 7) is 9.60. The summed E-state index contributed by atoms with van der Waals surface area (Å²) in [4.78, 5) is 15.4. The smallest absolute Gasteiger partial charge is 0.331 e. The number of hydrogen-bond acceptors (Lipinski definition) is 5. The van der Waals surface area contributed by atoms with E-state index in [1.54, 1.807) is 49.9 Å². The van der Waals surface area contributed by atoms with E-state index in [9.17, 15) is 0 Å². The molecule has 1 nitrogen and oxygen atoms in total. The Balaban J connectivity index is 1.47. The minimum atomic E-state index is 0.318. The number of aryl methyl sites for hydroxylation is 4. The van der Waals surface area contributed by atoms with Crippen molar-refractivity contribution in [3.05, 3.63) is 43.8 Å². The van der Waals surface area contributed by atoms with Crippen molar-refractivity contribution in [2.24, 2.45) is 0 Å². The second kappa shape index (κ2) is 14.2. The van der Waals surface area contributed by atoms with E-state index in [0.717, 1.165) is 0 Å². The fourth-order valence-electron chi connectivity index (χ4n) is 6.77. The van der Waals surface area contributed by atoms with Gasteiger partial charge in [0.2, 0.25) is 0 Å². The van der Waals surface area contributed by atoms with Crippen molar-refractivity contribution in [3.63, 3.8) is 0 Å². The van der Waals surface area contributed by atoms with Crippen LogP contribution >= 0.6 is 45.3 Å². The highest BCUT2D eigenvalue weighted by Gasteiger charge is 2.46. The van der Waals surface area contributed by atoms with Crippen LogP contribution in [0.15, 0.2) is 24.3 Å². The molecule has 0 amide bonds. The SMILES string of the molecule is CCCCCc1cc2c(s1)-c1sc(CCCCC)cc1N1B2c2cc(CCCCC)sc2-c2sc(CCCCC)cc21. The van der Waals surface area contributed by atoms with E-state index in [4.69, 9.17) is 0 Å². The number of rotatable bonds is 16. The van der Waals surface area contributed by atoms with Crippen LogP contribution in [0.3, 0.4) is 0 Å². The van der Waals surface area contributed by atoms with Gasteiger partial charge in [0, 0.05) is 40.6 Å². The summed E-state index contributed by atoms with van der Waals surface area (Å²) >= 11 is 8.43. The molecule has 2 aliphatic rings. The highest BCUT2D eigenvalue weighted by molar-refractivity contribution is 7.27. The average molecular weight is 634 g/mol. The first-order chi connectivity index (χ1) is 20.7. The zero-order valence-corrected chi connectivity index (χ0v) is 29.5. The molecule has 0 atom stereocenters. The van der Waals surface area contributed by atoms with Gasteiger partial charge >= 0.3 is 6.85 Å². The Morgan fingerprint density at radius 3 is 1.14 bits per heavy atom. The lowest BCUT2D eigenvalue weighted by Crippen LogP contribution is -2.58. The van der Waals surface area contributed by atoms with E-state index in [1.807, 2.05) is 0 Å². The second-order valence-corrected chi connectivity index (χ2v) is 17.0. The number of fused-ring (bicyclic) bond motifs is 11. The second-order valence-electron chi connectivity index (χ2n) is 12.4.